The molecule has 0 saturated heterocycles. The van der Waals surface area contributed by atoms with Crippen molar-refractivity contribution in [3.63, 3.8) is 0 Å². The molecule has 0 aliphatic carbocycles. The smallest absolute Gasteiger partial charge is 0.231 e. The average Bonchev–Trinajstić information content (AvgIpc) is 2.68. The molecule has 171 valence electrons. The molecule has 2 amide bonds. The van der Waals surface area contributed by atoms with Crippen LogP contribution in [-0.4, -0.2) is 37.6 Å². The molecule has 0 aromatic heterocycles. The second-order valence-corrected chi connectivity index (χ2v) is 6.25. The van der Waals surface area contributed by atoms with Crippen molar-refractivity contribution in [1.82, 2.24) is 0 Å². The van der Waals surface area contributed by atoms with Crippen molar-refractivity contribution in [3.8, 4) is 11.5 Å². The quantitative estimate of drug-likeness (QED) is 0.446. The van der Waals surface area contributed by atoms with Crippen LogP contribution in [0.1, 0.15) is 26.7 Å². The third-order valence-corrected chi connectivity index (χ3v) is 3.58. The zero-order valence-corrected chi connectivity index (χ0v) is 18.7. The summed E-state index contributed by atoms with van der Waals surface area (Å²) in [7, 11) is 3.05. The van der Waals surface area contributed by atoms with Crippen LogP contribution in [0.25, 0.3) is 0 Å². The standard InChI is InChI=1S/2C11H13NO3.Cu/c2*1-8(13)7-11(14)12-9-5-3-4-6-10(9)15-2;/h2*3-6H,7H2,1-2H3,(H,12,14);. The molecule has 2 aromatic carbocycles. The van der Waals surface area contributed by atoms with Crippen LogP contribution in [0.2, 0.25) is 0 Å². The zero-order valence-electron chi connectivity index (χ0n) is 17.8. The maximum atomic E-state index is 11.3. The number of carbonyl (C=O) groups excluding carboxylic acids is 4. The Kier molecular flexibility index (Phi) is 13.3. The minimum absolute atomic E-state index is 0. The largest absolute Gasteiger partial charge is 0.495 e. The van der Waals surface area contributed by atoms with Crippen molar-refractivity contribution in [2.45, 2.75) is 26.7 Å². The summed E-state index contributed by atoms with van der Waals surface area (Å²) in [6.45, 7) is 2.75. The number of Topliss-reactive ketones (excluding diaryl/α,β-unsaturated/α-hetero) is 2. The summed E-state index contributed by atoms with van der Waals surface area (Å²) in [6, 6.07) is 14.1. The Morgan fingerprint density at radius 2 is 1.00 bits per heavy atom. The van der Waals surface area contributed by atoms with Crippen molar-refractivity contribution in [3.05, 3.63) is 48.5 Å². The second-order valence-electron chi connectivity index (χ2n) is 6.25. The average molecular weight is 478 g/mol. The number of hydrogen-bond acceptors (Lipinski definition) is 6. The number of nitrogens with one attached hydrogen (secondary N) is 2. The molecule has 2 aromatic rings. The van der Waals surface area contributed by atoms with E-state index in [0.29, 0.717) is 22.9 Å². The molecule has 0 unspecified atom stereocenters. The van der Waals surface area contributed by atoms with E-state index < -0.39 is 0 Å². The number of ether oxygens (including phenoxy) is 2. The molecule has 1 radical (unpaired) electrons. The van der Waals surface area contributed by atoms with Gasteiger partial charge in [0.1, 0.15) is 23.1 Å². The van der Waals surface area contributed by atoms with Gasteiger partial charge in [-0.05, 0) is 38.1 Å². The molecule has 9 heteroatoms. The molecular formula is C22H26CuN2O6. The molecule has 2 rings (SSSR count). The number of para-hydroxylation sites is 4. The summed E-state index contributed by atoms with van der Waals surface area (Å²) < 4.78 is 10.1. The van der Waals surface area contributed by atoms with Crippen LogP contribution in [0.15, 0.2) is 48.5 Å². The van der Waals surface area contributed by atoms with E-state index >= 15 is 0 Å². The van der Waals surface area contributed by atoms with E-state index in [0.717, 1.165) is 0 Å². The van der Waals surface area contributed by atoms with E-state index in [9.17, 15) is 19.2 Å². The first-order valence-electron chi connectivity index (χ1n) is 9.11. The third kappa shape index (κ3) is 11.0. The second kappa shape index (κ2) is 14.8. The van der Waals surface area contributed by atoms with Crippen molar-refractivity contribution in [1.29, 1.82) is 0 Å². The third-order valence-electron chi connectivity index (χ3n) is 3.58. The fraction of sp³-hybridized carbons (Fsp3) is 0.273. The van der Waals surface area contributed by atoms with Gasteiger partial charge in [-0.1, -0.05) is 24.3 Å². The van der Waals surface area contributed by atoms with Crippen molar-refractivity contribution >= 4 is 34.8 Å². The predicted molar refractivity (Wildman–Crippen MR) is 114 cm³/mol. The number of anilines is 2. The van der Waals surface area contributed by atoms with Gasteiger partial charge in [-0.2, -0.15) is 0 Å². The Hall–Kier alpha value is -3.16. The van der Waals surface area contributed by atoms with Crippen molar-refractivity contribution < 1.29 is 45.7 Å². The molecular weight excluding hydrogens is 452 g/mol. The number of carbonyl (C=O) groups is 4. The zero-order chi connectivity index (χ0) is 22.5. The van der Waals surface area contributed by atoms with E-state index in [1.807, 2.05) is 0 Å². The van der Waals surface area contributed by atoms with Gasteiger partial charge < -0.3 is 20.1 Å². The van der Waals surface area contributed by atoms with E-state index in [4.69, 9.17) is 9.47 Å². The molecule has 8 nitrogen and oxygen atoms in total. The van der Waals surface area contributed by atoms with Gasteiger partial charge in [-0.25, -0.2) is 0 Å². The molecule has 0 saturated carbocycles. The number of methoxy groups -OCH3 is 2. The minimum Gasteiger partial charge on any atom is -0.495 e. The fourth-order valence-corrected chi connectivity index (χ4v) is 2.34. The van der Waals surface area contributed by atoms with Crippen LogP contribution in [0.4, 0.5) is 11.4 Å². The van der Waals surface area contributed by atoms with E-state index in [1.54, 1.807) is 48.5 Å². The van der Waals surface area contributed by atoms with Gasteiger partial charge in [0.05, 0.1) is 38.4 Å². The maximum Gasteiger partial charge on any atom is 0.231 e. The number of benzene rings is 2. The monoisotopic (exact) mass is 477 g/mol. The molecule has 0 aliphatic heterocycles. The van der Waals surface area contributed by atoms with Gasteiger partial charge in [-0.3, -0.25) is 19.2 Å². The van der Waals surface area contributed by atoms with Gasteiger partial charge in [0.2, 0.25) is 11.8 Å². The first kappa shape index (κ1) is 27.8. The van der Waals surface area contributed by atoms with E-state index in [-0.39, 0.29) is 53.3 Å². The van der Waals surface area contributed by atoms with E-state index in [2.05, 4.69) is 10.6 Å². The molecule has 0 heterocycles. The van der Waals surface area contributed by atoms with Crippen LogP contribution in [0.3, 0.4) is 0 Å². The minimum atomic E-state index is -0.327. The Morgan fingerprint density at radius 3 is 1.29 bits per heavy atom. The van der Waals surface area contributed by atoms with Gasteiger partial charge in [-0.15, -0.1) is 0 Å². The van der Waals surface area contributed by atoms with Crippen molar-refractivity contribution in [2.24, 2.45) is 0 Å². The van der Waals surface area contributed by atoms with Gasteiger partial charge >= 0.3 is 0 Å². The molecule has 0 aliphatic rings. The summed E-state index contributed by atoms with van der Waals surface area (Å²) in [6.07, 6.45) is -0.226. The van der Waals surface area contributed by atoms with Crippen LogP contribution in [0.5, 0.6) is 11.5 Å². The van der Waals surface area contributed by atoms with Gasteiger partial charge in [0.25, 0.3) is 0 Å². The Balaban J connectivity index is 0.000000562. The number of amides is 2. The molecule has 0 atom stereocenters. The fourth-order valence-electron chi connectivity index (χ4n) is 2.34. The van der Waals surface area contributed by atoms with Crippen LogP contribution < -0.4 is 20.1 Å². The van der Waals surface area contributed by atoms with Crippen LogP contribution in [-0.2, 0) is 36.2 Å². The Morgan fingerprint density at radius 1 is 0.677 bits per heavy atom. The first-order valence-corrected chi connectivity index (χ1v) is 9.11. The van der Waals surface area contributed by atoms with Gasteiger partial charge in [0, 0.05) is 17.1 Å². The summed E-state index contributed by atoms with van der Waals surface area (Å²) in [5.41, 5.74) is 1.15. The predicted octanol–water partition coefficient (Wildman–Crippen LogP) is 3.22. The molecule has 2 N–H and O–H groups in total. The van der Waals surface area contributed by atoms with Crippen molar-refractivity contribution in [2.75, 3.05) is 24.9 Å². The number of rotatable bonds is 8. The summed E-state index contributed by atoms with van der Waals surface area (Å²) in [4.78, 5) is 44.0. The molecule has 31 heavy (non-hydrogen) atoms. The Labute approximate surface area is 192 Å². The molecule has 0 bridgehead atoms. The normalized spacial score (nSPS) is 9.16. The summed E-state index contributed by atoms with van der Waals surface area (Å²) in [5.74, 6) is 0.174. The van der Waals surface area contributed by atoms with Gasteiger partial charge in [0.15, 0.2) is 0 Å². The summed E-state index contributed by atoms with van der Waals surface area (Å²) >= 11 is 0. The number of ketones is 2. The van der Waals surface area contributed by atoms with Crippen LogP contribution in [0, 0.1) is 0 Å². The number of hydrogen-bond donors (Lipinski definition) is 2. The SMILES string of the molecule is COc1ccccc1NC(=O)CC(C)=O.COc1ccccc1NC(=O)CC(C)=O.[Cu]. The summed E-state index contributed by atoms with van der Waals surface area (Å²) in [5, 5.41) is 5.22. The Bertz CT molecular complexity index is 828. The topological polar surface area (TPSA) is 111 Å². The maximum absolute atomic E-state index is 11.3. The molecule has 0 fully saturated rings. The molecule has 0 spiro atoms. The van der Waals surface area contributed by atoms with E-state index in [1.165, 1.54) is 28.1 Å². The van der Waals surface area contributed by atoms with Crippen LogP contribution >= 0.6 is 0 Å². The first-order chi connectivity index (χ1) is 14.3.